The molecule has 0 aliphatic carbocycles. The molecule has 0 amide bonds. The van der Waals surface area contributed by atoms with E-state index in [-0.39, 0.29) is 89.9 Å². The summed E-state index contributed by atoms with van der Waals surface area (Å²) in [5.74, 6) is -4.20. The second-order valence-electron chi connectivity index (χ2n) is 9.06. The number of halogens is 1. The average molecular weight is 606 g/mol. The lowest BCUT2D eigenvalue weighted by atomic mass is 10.0. The van der Waals surface area contributed by atoms with Crippen LogP contribution in [-0.4, -0.2) is 153 Å². The van der Waals surface area contributed by atoms with Crippen LogP contribution in [0, 0.1) is 0 Å². The van der Waals surface area contributed by atoms with Gasteiger partial charge in [-0.15, -0.1) is 12.4 Å². The van der Waals surface area contributed by atoms with E-state index < -0.39 is 29.9 Å². The fraction of sp³-hybridized carbons (Fsp3) is 0.542. The van der Waals surface area contributed by atoms with E-state index in [2.05, 4.69) is 22.4 Å². The normalized spacial score (nSPS) is 18.1. The van der Waals surface area contributed by atoms with Gasteiger partial charge >= 0.3 is 23.9 Å². The van der Waals surface area contributed by atoms with Crippen LogP contribution in [0.3, 0.4) is 0 Å². The summed E-state index contributed by atoms with van der Waals surface area (Å²) in [5, 5.41) is 40.1. The molecule has 0 spiro atoms. The second-order valence-corrected chi connectivity index (χ2v) is 9.24. The van der Waals surface area contributed by atoms with Gasteiger partial charge in [0.2, 0.25) is 0 Å². The molecule has 1 heterocycles. The molecule has 1 atom stereocenters. The zero-order valence-corrected chi connectivity index (χ0v) is 23.5. The lowest BCUT2D eigenvalue weighted by Crippen LogP contribution is -2.53. The number of carboxylic acid groups (broad SMARTS) is 4. The molecule has 1 aromatic carbocycles. The van der Waals surface area contributed by atoms with Gasteiger partial charge in [-0.25, -0.2) is 0 Å². The van der Waals surface area contributed by atoms with Crippen LogP contribution in [-0.2, 0) is 25.6 Å². The van der Waals surface area contributed by atoms with Crippen molar-refractivity contribution in [1.29, 1.82) is 0 Å². The molecule has 16 heteroatoms. The summed E-state index contributed by atoms with van der Waals surface area (Å²) in [4.78, 5) is 56.9. The molecular weight excluding hydrogens is 570 g/mol. The van der Waals surface area contributed by atoms with Gasteiger partial charge in [-0.3, -0.25) is 38.8 Å². The molecule has 0 saturated carbocycles. The zero-order chi connectivity index (χ0) is 28.1. The van der Waals surface area contributed by atoms with Crippen molar-refractivity contribution in [3.8, 4) is 0 Å². The molecule has 1 saturated heterocycles. The first kappa shape index (κ1) is 37.0. The summed E-state index contributed by atoms with van der Waals surface area (Å²) in [6, 6.07) is 6.73. The third-order valence-electron chi connectivity index (χ3n) is 6.15. The summed E-state index contributed by atoms with van der Waals surface area (Å²) in [5.41, 5.74) is 1.48. The highest BCUT2D eigenvalue weighted by atomic mass is 35.5. The van der Waals surface area contributed by atoms with E-state index >= 15 is 0 Å². The maximum Gasteiger partial charge on any atom is 0.317 e. The number of hydrogen-bond donors (Lipinski definition) is 4. The molecule has 2 rings (SSSR count). The van der Waals surface area contributed by atoms with Gasteiger partial charge in [-0.2, -0.15) is 4.99 Å². The SMILES string of the molecule is Cl.O.O=C(O)CN1CCN(CC(=O)O)CCN(CC(=O)O)C(Cc2ccc(N=C=S)cc2)CN(CC(=O)O)CC1. The number of rotatable bonds is 11. The van der Waals surface area contributed by atoms with Crippen LogP contribution >= 0.6 is 24.6 Å². The van der Waals surface area contributed by atoms with Crippen LogP contribution in [0.2, 0.25) is 0 Å². The highest BCUT2D eigenvalue weighted by molar-refractivity contribution is 7.78. The van der Waals surface area contributed by atoms with Gasteiger partial charge in [-0.05, 0) is 36.3 Å². The third-order valence-corrected chi connectivity index (χ3v) is 6.24. The Morgan fingerprint density at radius 1 is 0.750 bits per heavy atom. The van der Waals surface area contributed by atoms with Crippen LogP contribution in [0.4, 0.5) is 5.69 Å². The Morgan fingerprint density at radius 2 is 1.18 bits per heavy atom. The zero-order valence-electron chi connectivity index (χ0n) is 21.8. The summed E-state index contributed by atoms with van der Waals surface area (Å²) >= 11 is 4.63. The number of aliphatic imine (C=N–C) groups is 1. The van der Waals surface area contributed by atoms with E-state index in [9.17, 15) is 39.6 Å². The quantitative estimate of drug-likeness (QED) is 0.185. The Labute approximate surface area is 243 Å². The Hall–Kier alpha value is -3.01. The van der Waals surface area contributed by atoms with Crippen LogP contribution in [0.5, 0.6) is 0 Å². The molecular formula is C24H36ClN5O9S. The number of nitrogens with zero attached hydrogens (tertiary/aromatic N) is 5. The lowest BCUT2D eigenvalue weighted by molar-refractivity contribution is -0.142. The molecule has 0 aromatic heterocycles. The highest BCUT2D eigenvalue weighted by Gasteiger charge is 2.27. The molecule has 0 bridgehead atoms. The standard InChI is InChI=1S/C24H33N5O8S.ClH.H2O/c30-21(31)13-26-5-6-27(14-22(32)33)9-10-29(16-24(36)37)20(12-28(8-7-26)15-23(34)35)11-18-1-3-19(4-2-18)25-17-38;;/h1-4,20H,5-16H2,(H,30,31)(H,32,33)(H,34,35)(H,36,37);1H;1H2. The summed E-state index contributed by atoms with van der Waals surface area (Å²) < 4.78 is 0. The predicted octanol–water partition coefficient (Wildman–Crippen LogP) is -0.511. The monoisotopic (exact) mass is 605 g/mol. The molecule has 224 valence electrons. The van der Waals surface area contributed by atoms with Gasteiger partial charge in [0.05, 0.1) is 37.0 Å². The van der Waals surface area contributed by atoms with Gasteiger partial charge < -0.3 is 25.9 Å². The Bertz CT molecular complexity index is 1030. The summed E-state index contributed by atoms with van der Waals surface area (Å²) in [6.45, 7) is 0.498. The van der Waals surface area contributed by atoms with Gasteiger partial charge in [0.1, 0.15) is 0 Å². The largest absolute Gasteiger partial charge is 0.480 e. The molecule has 1 unspecified atom stereocenters. The maximum atomic E-state index is 11.8. The van der Waals surface area contributed by atoms with Gasteiger partial charge in [0.15, 0.2) is 0 Å². The second kappa shape index (κ2) is 19.1. The van der Waals surface area contributed by atoms with Crippen molar-refractivity contribution in [3.05, 3.63) is 29.8 Å². The van der Waals surface area contributed by atoms with Gasteiger partial charge in [0, 0.05) is 51.9 Å². The van der Waals surface area contributed by atoms with Crippen molar-refractivity contribution in [2.24, 2.45) is 4.99 Å². The molecule has 40 heavy (non-hydrogen) atoms. The molecule has 1 aliphatic rings. The van der Waals surface area contributed by atoms with E-state index in [1.807, 2.05) is 12.1 Å². The minimum atomic E-state index is -1.06. The molecule has 6 N–H and O–H groups in total. The number of carboxylic acids is 4. The van der Waals surface area contributed by atoms with Gasteiger partial charge in [0.25, 0.3) is 0 Å². The number of thiocarbonyl (C=S) groups is 1. The maximum absolute atomic E-state index is 11.8. The van der Waals surface area contributed by atoms with Crippen molar-refractivity contribution >= 4 is 59.4 Å². The summed E-state index contributed by atoms with van der Waals surface area (Å²) in [7, 11) is 0. The van der Waals surface area contributed by atoms with Crippen LogP contribution in [0.15, 0.2) is 29.3 Å². The highest BCUT2D eigenvalue weighted by Crippen LogP contribution is 2.17. The Kier molecular flexibility index (Phi) is 17.7. The fourth-order valence-electron chi connectivity index (χ4n) is 4.39. The van der Waals surface area contributed by atoms with E-state index in [0.717, 1.165) is 5.56 Å². The van der Waals surface area contributed by atoms with Crippen molar-refractivity contribution in [1.82, 2.24) is 19.6 Å². The Balaban J connectivity index is 0.00000760. The predicted molar refractivity (Wildman–Crippen MR) is 151 cm³/mol. The van der Waals surface area contributed by atoms with Crippen molar-refractivity contribution < 1.29 is 45.1 Å². The number of aliphatic carboxylic acids is 4. The first-order chi connectivity index (χ1) is 18.0. The Morgan fingerprint density at radius 3 is 1.62 bits per heavy atom. The average Bonchev–Trinajstić information content (AvgIpc) is 2.82. The van der Waals surface area contributed by atoms with Crippen molar-refractivity contribution in [2.75, 3.05) is 72.0 Å². The molecule has 1 aliphatic heterocycles. The molecule has 1 fully saturated rings. The van der Waals surface area contributed by atoms with Crippen LogP contribution in [0.1, 0.15) is 5.56 Å². The third kappa shape index (κ3) is 14.4. The minimum Gasteiger partial charge on any atom is -0.480 e. The van der Waals surface area contributed by atoms with Crippen LogP contribution in [0.25, 0.3) is 0 Å². The number of hydrogen-bond acceptors (Lipinski definition) is 10. The first-order valence-corrected chi connectivity index (χ1v) is 12.4. The van der Waals surface area contributed by atoms with E-state index in [1.165, 1.54) is 0 Å². The molecule has 14 nitrogen and oxygen atoms in total. The number of benzene rings is 1. The van der Waals surface area contributed by atoms with Gasteiger partial charge in [-0.1, -0.05) is 12.1 Å². The topological polar surface area (TPSA) is 206 Å². The number of isothiocyanates is 1. The molecule has 1 aromatic rings. The van der Waals surface area contributed by atoms with E-state index in [4.69, 9.17) is 0 Å². The fourth-order valence-corrected chi connectivity index (χ4v) is 4.49. The van der Waals surface area contributed by atoms with Crippen molar-refractivity contribution in [3.63, 3.8) is 0 Å². The summed E-state index contributed by atoms with van der Waals surface area (Å²) in [6.07, 6.45) is 0.392. The van der Waals surface area contributed by atoms with Crippen molar-refractivity contribution in [2.45, 2.75) is 12.5 Å². The lowest BCUT2D eigenvalue weighted by Gasteiger charge is -2.37. The first-order valence-electron chi connectivity index (χ1n) is 12.0. The number of carbonyl (C=O) groups is 4. The van der Waals surface area contributed by atoms with E-state index in [0.29, 0.717) is 12.1 Å². The smallest absolute Gasteiger partial charge is 0.317 e. The molecule has 0 radical (unpaired) electrons. The van der Waals surface area contributed by atoms with Crippen LogP contribution < -0.4 is 0 Å². The van der Waals surface area contributed by atoms with E-state index in [1.54, 1.807) is 31.7 Å². The minimum absolute atomic E-state index is 0.